The van der Waals surface area contributed by atoms with Gasteiger partial charge in [0.1, 0.15) is 19.5 Å². The number of carbonyl (C=O) groups is 2. The van der Waals surface area contributed by atoms with E-state index in [0.29, 0.717) is 25.3 Å². The van der Waals surface area contributed by atoms with Gasteiger partial charge in [0, 0.05) is 18.8 Å². The number of hydrogen-bond acceptors (Lipinski definition) is 7. The van der Waals surface area contributed by atoms with Crippen LogP contribution in [0.25, 0.3) is 0 Å². The first kappa shape index (κ1) is 22.7. The van der Waals surface area contributed by atoms with Crippen LogP contribution < -0.4 is 5.32 Å². The van der Waals surface area contributed by atoms with Crippen molar-refractivity contribution >= 4 is 27.6 Å². The van der Waals surface area contributed by atoms with Crippen molar-refractivity contribution in [3.63, 3.8) is 0 Å². The zero-order chi connectivity index (χ0) is 21.6. The normalized spacial score (nSPS) is 15.0. The average Bonchev–Trinajstić information content (AvgIpc) is 2.70. The van der Waals surface area contributed by atoms with Crippen molar-refractivity contribution in [3.05, 3.63) is 35.8 Å². The second kappa shape index (κ2) is 9.75. The molecule has 1 heterocycles. The summed E-state index contributed by atoms with van der Waals surface area (Å²) in [6.45, 7) is 7.83. The molecular formula is C19H26N2O7S. The van der Waals surface area contributed by atoms with E-state index in [0.717, 1.165) is 6.26 Å². The third-order valence-electron chi connectivity index (χ3n) is 4.28. The summed E-state index contributed by atoms with van der Waals surface area (Å²) < 4.78 is 42.1. The Morgan fingerprint density at radius 1 is 1.24 bits per heavy atom. The summed E-state index contributed by atoms with van der Waals surface area (Å²) in [5.41, 5.74) is 0.849. The Bertz CT molecular complexity index is 892. The molecule has 1 aliphatic heterocycles. The van der Waals surface area contributed by atoms with Gasteiger partial charge in [0.05, 0.1) is 4.90 Å². The molecule has 10 heteroatoms. The summed E-state index contributed by atoms with van der Waals surface area (Å²) in [4.78, 5) is 24.5. The second-order valence-electron chi connectivity index (χ2n) is 6.31. The molecule has 1 aromatic carbocycles. The number of hydrogen-bond donors (Lipinski definition) is 1. The van der Waals surface area contributed by atoms with Crippen molar-refractivity contribution in [3.8, 4) is 0 Å². The predicted molar refractivity (Wildman–Crippen MR) is 105 cm³/mol. The van der Waals surface area contributed by atoms with E-state index >= 15 is 0 Å². The molecule has 0 spiro atoms. The number of carbonyl (C=O) groups excluding carboxylic acids is 2. The SMILES string of the molecule is CCN(CC)S(=O)(=O)c1cc(NC(=O)[C@H](C)OC(=O)C2=COCCO2)ccc1C. The molecule has 0 saturated carbocycles. The van der Waals surface area contributed by atoms with Crippen LogP contribution in [0.3, 0.4) is 0 Å². The quantitative estimate of drug-likeness (QED) is 0.631. The van der Waals surface area contributed by atoms with Gasteiger partial charge in [-0.05, 0) is 31.5 Å². The Balaban J connectivity index is 2.12. The molecule has 2 rings (SSSR count). The van der Waals surface area contributed by atoms with Crippen LogP contribution in [0.4, 0.5) is 5.69 Å². The minimum absolute atomic E-state index is 0.112. The smallest absolute Gasteiger partial charge is 0.377 e. The summed E-state index contributed by atoms with van der Waals surface area (Å²) in [6, 6.07) is 4.60. The van der Waals surface area contributed by atoms with E-state index in [1.165, 1.54) is 17.3 Å². The molecule has 1 amide bonds. The number of esters is 1. The maximum atomic E-state index is 12.8. The number of sulfonamides is 1. The maximum Gasteiger partial charge on any atom is 0.377 e. The highest BCUT2D eigenvalue weighted by Gasteiger charge is 2.26. The van der Waals surface area contributed by atoms with Gasteiger partial charge >= 0.3 is 5.97 Å². The van der Waals surface area contributed by atoms with Gasteiger partial charge in [-0.3, -0.25) is 4.79 Å². The lowest BCUT2D eigenvalue weighted by Gasteiger charge is -2.21. The summed E-state index contributed by atoms with van der Waals surface area (Å²) in [5.74, 6) is -1.54. The van der Waals surface area contributed by atoms with Crippen molar-refractivity contribution in [2.45, 2.75) is 38.7 Å². The van der Waals surface area contributed by atoms with Gasteiger partial charge in [0.25, 0.3) is 5.91 Å². The molecule has 1 aliphatic rings. The van der Waals surface area contributed by atoms with Crippen molar-refractivity contribution in [1.29, 1.82) is 0 Å². The van der Waals surface area contributed by atoms with Crippen LogP contribution in [0.2, 0.25) is 0 Å². The van der Waals surface area contributed by atoms with Gasteiger partial charge in [-0.1, -0.05) is 19.9 Å². The van der Waals surface area contributed by atoms with E-state index in [4.69, 9.17) is 14.2 Å². The molecule has 1 aromatic rings. The molecule has 0 aliphatic carbocycles. The number of aryl methyl sites for hydroxylation is 1. The fourth-order valence-electron chi connectivity index (χ4n) is 2.65. The molecule has 0 fully saturated rings. The second-order valence-corrected chi connectivity index (χ2v) is 8.21. The number of amides is 1. The number of anilines is 1. The zero-order valence-electron chi connectivity index (χ0n) is 16.9. The van der Waals surface area contributed by atoms with E-state index in [1.807, 2.05) is 0 Å². The molecule has 1 atom stereocenters. The fraction of sp³-hybridized carbons (Fsp3) is 0.474. The molecule has 0 radical (unpaired) electrons. The Hall–Kier alpha value is -2.59. The lowest BCUT2D eigenvalue weighted by molar-refractivity contribution is -0.153. The van der Waals surface area contributed by atoms with Crippen LogP contribution in [-0.4, -0.2) is 57.0 Å². The number of benzene rings is 1. The van der Waals surface area contributed by atoms with Crippen LogP contribution in [0, 0.1) is 6.92 Å². The fourth-order valence-corrected chi connectivity index (χ4v) is 4.36. The van der Waals surface area contributed by atoms with Gasteiger partial charge in [0.15, 0.2) is 6.10 Å². The van der Waals surface area contributed by atoms with Crippen molar-refractivity contribution in [2.24, 2.45) is 0 Å². The highest BCUT2D eigenvalue weighted by atomic mass is 32.2. The monoisotopic (exact) mass is 426 g/mol. The summed E-state index contributed by atoms with van der Waals surface area (Å²) in [7, 11) is -3.69. The Labute approximate surface area is 170 Å². The zero-order valence-corrected chi connectivity index (χ0v) is 17.7. The maximum absolute atomic E-state index is 12.8. The van der Waals surface area contributed by atoms with Gasteiger partial charge in [-0.2, -0.15) is 4.31 Å². The van der Waals surface area contributed by atoms with E-state index in [1.54, 1.807) is 32.9 Å². The first-order chi connectivity index (χ1) is 13.7. The molecule has 0 saturated heterocycles. The Morgan fingerprint density at radius 3 is 2.52 bits per heavy atom. The van der Waals surface area contributed by atoms with E-state index < -0.39 is 28.0 Å². The van der Waals surface area contributed by atoms with E-state index in [2.05, 4.69) is 5.32 Å². The average molecular weight is 426 g/mol. The van der Waals surface area contributed by atoms with Crippen LogP contribution in [-0.2, 0) is 33.8 Å². The first-order valence-electron chi connectivity index (χ1n) is 9.27. The molecule has 0 aromatic heterocycles. The largest absolute Gasteiger partial charge is 0.493 e. The number of nitrogens with one attached hydrogen (secondary N) is 1. The van der Waals surface area contributed by atoms with Gasteiger partial charge in [0.2, 0.25) is 15.8 Å². The molecule has 160 valence electrons. The van der Waals surface area contributed by atoms with Crippen molar-refractivity contribution in [2.75, 3.05) is 31.6 Å². The number of rotatable bonds is 8. The van der Waals surface area contributed by atoms with Crippen LogP contribution in [0.15, 0.2) is 35.1 Å². The van der Waals surface area contributed by atoms with Gasteiger partial charge < -0.3 is 19.5 Å². The third-order valence-corrected chi connectivity index (χ3v) is 6.47. The van der Waals surface area contributed by atoms with Crippen LogP contribution >= 0.6 is 0 Å². The molecule has 0 bridgehead atoms. The molecule has 29 heavy (non-hydrogen) atoms. The Morgan fingerprint density at radius 2 is 1.93 bits per heavy atom. The molecular weight excluding hydrogens is 400 g/mol. The molecule has 1 N–H and O–H groups in total. The highest BCUT2D eigenvalue weighted by molar-refractivity contribution is 7.89. The summed E-state index contributed by atoms with van der Waals surface area (Å²) >= 11 is 0. The van der Waals surface area contributed by atoms with Gasteiger partial charge in [-0.25, -0.2) is 13.2 Å². The lowest BCUT2D eigenvalue weighted by atomic mass is 10.2. The number of ether oxygens (including phenoxy) is 3. The summed E-state index contributed by atoms with van der Waals surface area (Å²) in [6.07, 6.45) is 0.0129. The minimum atomic E-state index is -3.69. The van der Waals surface area contributed by atoms with E-state index in [-0.39, 0.29) is 22.9 Å². The summed E-state index contributed by atoms with van der Waals surface area (Å²) in [5, 5.41) is 2.57. The predicted octanol–water partition coefficient (Wildman–Crippen LogP) is 1.78. The minimum Gasteiger partial charge on any atom is -0.493 e. The lowest BCUT2D eigenvalue weighted by Crippen LogP contribution is -2.32. The van der Waals surface area contributed by atoms with Crippen molar-refractivity contribution < 1.29 is 32.2 Å². The topological polar surface area (TPSA) is 111 Å². The molecule has 9 nitrogen and oxygen atoms in total. The first-order valence-corrected chi connectivity index (χ1v) is 10.7. The Kier molecular flexibility index (Phi) is 7.63. The van der Waals surface area contributed by atoms with E-state index in [9.17, 15) is 18.0 Å². The van der Waals surface area contributed by atoms with Crippen LogP contribution in [0.1, 0.15) is 26.3 Å². The van der Waals surface area contributed by atoms with Gasteiger partial charge in [-0.15, -0.1) is 0 Å². The standard InChI is InChI=1S/C19H26N2O7S/c1-5-21(6-2)29(24,25)17-11-15(8-7-13(17)3)20-18(22)14(4)28-19(23)16-12-26-9-10-27-16/h7-8,11-12,14H,5-6,9-10H2,1-4H3,(H,20,22)/t14-/m0/s1. The highest BCUT2D eigenvalue weighted by Crippen LogP contribution is 2.24. The third kappa shape index (κ3) is 5.48. The molecule has 0 unspecified atom stereocenters. The van der Waals surface area contributed by atoms with Crippen LogP contribution in [0.5, 0.6) is 0 Å². The number of nitrogens with zero attached hydrogens (tertiary/aromatic N) is 1. The van der Waals surface area contributed by atoms with Crippen molar-refractivity contribution in [1.82, 2.24) is 4.31 Å².